The third kappa shape index (κ3) is 8.17. The Balaban J connectivity index is 0.964. The molecule has 1 aromatic rings. The van der Waals surface area contributed by atoms with Gasteiger partial charge >= 0.3 is 11.9 Å². The van der Waals surface area contributed by atoms with E-state index in [1.165, 1.54) is 12.5 Å². The Labute approximate surface area is 255 Å². The zero-order valence-electron chi connectivity index (χ0n) is 25.5. The highest BCUT2D eigenvalue weighted by molar-refractivity contribution is 5.70. The highest BCUT2D eigenvalue weighted by Crippen LogP contribution is 2.46. The number of benzene rings is 1. The van der Waals surface area contributed by atoms with Crippen molar-refractivity contribution >= 4 is 11.9 Å². The van der Waals surface area contributed by atoms with E-state index in [0.29, 0.717) is 32.5 Å². The van der Waals surface area contributed by atoms with Crippen molar-refractivity contribution in [3.63, 3.8) is 0 Å². The van der Waals surface area contributed by atoms with Crippen LogP contribution >= 0.6 is 0 Å². The van der Waals surface area contributed by atoms with Gasteiger partial charge in [-0.05, 0) is 69.8 Å². The molecular weight excluding hydrogens is 552 g/mol. The predicted molar refractivity (Wildman–Crippen MR) is 156 cm³/mol. The topological polar surface area (TPSA) is 98.8 Å². The lowest BCUT2D eigenvalue weighted by Crippen LogP contribution is -2.48. The monoisotopic (exact) mass is 600 g/mol. The summed E-state index contributed by atoms with van der Waals surface area (Å²) in [7, 11) is 0. The van der Waals surface area contributed by atoms with Gasteiger partial charge in [-0.25, -0.2) is 0 Å². The van der Waals surface area contributed by atoms with Crippen molar-refractivity contribution in [1.29, 1.82) is 0 Å². The third-order valence-electron chi connectivity index (χ3n) is 9.70. The Bertz CT molecular complexity index is 1070. The van der Waals surface area contributed by atoms with Crippen molar-refractivity contribution in [1.82, 2.24) is 0 Å². The van der Waals surface area contributed by atoms with Crippen LogP contribution in [-0.4, -0.2) is 73.2 Å². The molecule has 9 atom stereocenters. The summed E-state index contributed by atoms with van der Waals surface area (Å²) >= 11 is 0. The number of hydrogen-bond donors (Lipinski definition) is 0. The molecule has 1 spiro atoms. The minimum Gasteiger partial charge on any atom is -0.462 e. The molecule has 43 heavy (non-hydrogen) atoms. The van der Waals surface area contributed by atoms with Crippen LogP contribution in [0, 0.1) is 0 Å². The lowest BCUT2D eigenvalue weighted by molar-refractivity contribution is -0.296. The maximum Gasteiger partial charge on any atom is 0.306 e. The fraction of sp³-hybridized carbons (Fsp3) is 0.765. The van der Waals surface area contributed by atoms with Gasteiger partial charge in [-0.3, -0.25) is 9.59 Å². The molecule has 5 fully saturated rings. The Kier molecular flexibility index (Phi) is 10.4. The third-order valence-corrected chi connectivity index (χ3v) is 9.70. The van der Waals surface area contributed by atoms with E-state index in [0.717, 1.165) is 70.6 Å². The predicted octanol–water partition coefficient (Wildman–Crippen LogP) is 5.55. The molecule has 0 unspecified atom stereocenters. The molecule has 0 aromatic heterocycles. The van der Waals surface area contributed by atoms with Crippen molar-refractivity contribution < 1.29 is 42.7 Å². The van der Waals surface area contributed by atoms with Crippen LogP contribution in [0.15, 0.2) is 30.3 Å². The Hall–Kier alpha value is -2.04. The Morgan fingerprint density at radius 1 is 0.884 bits per heavy atom. The molecule has 0 N–H and O–H groups in total. The Morgan fingerprint density at radius 3 is 2.33 bits per heavy atom. The molecule has 0 radical (unpaired) electrons. The number of carbonyl (C=O) groups excluding carboxylic acids is 2. The molecule has 6 rings (SSSR count). The minimum absolute atomic E-state index is 0.00236. The molecule has 5 heterocycles. The second-order valence-electron chi connectivity index (χ2n) is 13.1. The SMILES string of the molecule is CC(=O)O[C@H]1C[C@H](CCCCOCc2ccccc2)O[C@]2(CC[C@@H]([C@H]3CC[C@@H]([C@H]4CC[C@H]([C@@H]5CCCC(=O)O5)O4)O3)O2)C1. The summed E-state index contributed by atoms with van der Waals surface area (Å²) in [6, 6.07) is 10.2. The summed E-state index contributed by atoms with van der Waals surface area (Å²) in [6.45, 7) is 2.80. The summed E-state index contributed by atoms with van der Waals surface area (Å²) in [5.41, 5.74) is 1.18. The van der Waals surface area contributed by atoms with Gasteiger partial charge in [0.2, 0.25) is 0 Å². The number of esters is 2. The average Bonchev–Trinajstić information content (AvgIpc) is 3.75. The highest BCUT2D eigenvalue weighted by atomic mass is 16.7. The molecule has 238 valence electrons. The van der Waals surface area contributed by atoms with Gasteiger partial charge in [-0.15, -0.1) is 0 Å². The molecule has 0 saturated carbocycles. The number of rotatable bonds is 11. The lowest BCUT2D eigenvalue weighted by Gasteiger charge is -2.42. The van der Waals surface area contributed by atoms with Crippen molar-refractivity contribution in [2.75, 3.05) is 6.61 Å². The molecular formula is C34H48O9. The Morgan fingerprint density at radius 2 is 1.60 bits per heavy atom. The number of carbonyl (C=O) groups is 2. The summed E-state index contributed by atoms with van der Waals surface area (Å²) < 4.78 is 43.4. The highest BCUT2D eigenvalue weighted by Gasteiger charge is 2.52. The van der Waals surface area contributed by atoms with Crippen LogP contribution < -0.4 is 0 Å². The second-order valence-corrected chi connectivity index (χ2v) is 13.1. The van der Waals surface area contributed by atoms with Gasteiger partial charge in [0.15, 0.2) is 5.79 Å². The van der Waals surface area contributed by atoms with Crippen LogP contribution in [0.5, 0.6) is 0 Å². The van der Waals surface area contributed by atoms with Crippen LogP contribution in [0.25, 0.3) is 0 Å². The first kappa shape index (κ1) is 31.0. The molecule has 5 aliphatic rings. The van der Waals surface area contributed by atoms with E-state index in [1.807, 2.05) is 18.2 Å². The zero-order valence-corrected chi connectivity index (χ0v) is 25.5. The van der Waals surface area contributed by atoms with E-state index in [-0.39, 0.29) is 60.8 Å². The van der Waals surface area contributed by atoms with Gasteiger partial charge < -0.3 is 33.2 Å². The van der Waals surface area contributed by atoms with E-state index >= 15 is 0 Å². The van der Waals surface area contributed by atoms with Gasteiger partial charge in [-0.1, -0.05) is 30.3 Å². The van der Waals surface area contributed by atoms with E-state index < -0.39 is 5.79 Å². The summed E-state index contributed by atoms with van der Waals surface area (Å²) in [6.07, 6.45) is 11.3. The summed E-state index contributed by atoms with van der Waals surface area (Å²) in [4.78, 5) is 23.6. The van der Waals surface area contributed by atoms with Crippen LogP contribution in [0.3, 0.4) is 0 Å². The molecule has 9 nitrogen and oxygen atoms in total. The molecule has 0 aliphatic carbocycles. The second kappa shape index (κ2) is 14.4. The van der Waals surface area contributed by atoms with Crippen LogP contribution in [0.2, 0.25) is 0 Å². The standard InChI is InChI=1S/C34H48O9/c1-23(35)38-26-20-25(10-5-6-19-37-22-24-8-3-2-4-9-24)42-34(21-26)18-17-32(43-34)31-16-15-30(40-31)29-14-13-28(39-29)27-11-7-12-33(36)41-27/h2-4,8-9,25-32H,5-7,10-22H2,1H3/t25-,26-,27-,28+,29+,30-,31+,32-,34-/m0/s1. The van der Waals surface area contributed by atoms with E-state index in [2.05, 4.69) is 12.1 Å². The minimum atomic E-state index is -0.737. The van der Waals surface area contributed by atoms with Crippen molar-refractivity contribution in [3.8, 4) is 0 Å². The number of ether oxygens (including phenoxy) is 7. The quantitative estimate of drug-likeness (QED) is 0.239. The number of hydrogen-bond acceptors (Lipinski definition) is 9. The molecule has 1 aromatic carbocycles. The first-order valence-electron chi connectivity index (χ1n) is 16.6. The van der Waals surface area contributed by atoms with E-state index in [4.69, 9.17) is 33.2 Å². The van der Waals surface area contributed by atoms with Gasteiger partial charge in [0, 0.05) is 39.2 Å². The summed E-state index contributed by atoms with van der Waals surface area (Å²) in [5, 5.41) is 0. The van der Waals surface area contributed by atoms with Crippen molar-refractivity contribution in [2.45, 2.75) is 158 Å². The van der Waals surface area contributed by atoms with Crippen molar-refractivity contribution in [2.24, 2.45) is 0 Å². The number of cyclic esters (lactones) is 1. The van der Waals surface area contributed by atoms with Gasteiger partial charge in [0.1, 0.15) is 12.2 Å². The maximum absolute atomic E-state index is 11.9. The molecule has 5 saturated heterocycles. The summed E-state index contributed by atoms with van der Waals surface area (Å²) in [5.74, 6) is -1.10. The molecule has 5 aliphatic heterocycles. The van der Waals surface area contributed by atoms with Crippen LogP contribution in [-0.2, 0) is 49.4 Å². The normalized spacial score (nSPS) is 37.9. The molecule has 9 heteroatoms. The fourth-order valence-corrected chi connectivity index (χ4v) is 7.69. The van der Waals surface area contributed by atoms with E-state index in [9.17, 15) is 9.59 Å². The first-order valence-corrected chi connectivity index (χ1v) is 16.6. The molecule has 0 bridgehead atoms. The van der Waals surface area contributed by atoms with Crippen LogP contribution in [0.4, 0.5) is 0 Å². The van der Waals surface area contributed by atoms with Crippen molar-refractivity contribution in [3.05, 3.63) is 35.9 Å². The lowest BCUT2D eigenvalue weighted by atomic mass is 9.93. The largest absolute Gasteiger partial charge is 0.462 e. The smallest absolute Gasteiger partial charge is 0.306 e. The average molecular weight is 601 g/mol. The van der Waals surface area contributed by atoms with Gasteiger partial charge in [0.05, 0.1) is 43.2 Å². The van der Waals surface area contributed by atoms with Gasteiger partial charge in [0.25, 0.3) is 0 Å². The van der Waals surface area contributed by atoms with Crippen LogP contribution in [0.1, 0.15) is 102 Å². The first-order chi connectivity index (χ1) is 20.9. The molecule has 0 amide bonds. The zero-order chi connectivity index (χ0) is 29.6. The van der Waals surface area contributed by atoms with Gasteiger partial charge in [-0.2, -0.15) is 0 Å². The maximum atomic E-state index is 11.9. The van der Waals surface area contributed by atoms with E-state index in [1.54, 1.807) is 0 Å². The fourth-order valence-electron chi connectivity index (χ4n) is 7.69. The number of unbranched alkanes of at least 4 members (excludes halogenated alkanes) is 1.